The van der Waals surface area contributed by atoms with Crippen LogP contribution in [0.3, 0.4) is 0 Å². The van der Waals surface area contributed by atoms with Gasteiger partial charge in [-0.25, -0.2) is 21.5 Å². The van der Waals surface area contributed by atoms with Crippen molar-refractivity contribution in [3.8, 4) is 0 Å². The van der Waals surface area contributed by atoms with E-state index in [4.69, 9.17) is 4.42 Å². The first-order valence-corrected chi connectivity index (χ1v) is 10.4. The Bertz CT molecular complexity index is 980. The van der Waals surface area contributed by atoms with Crippen LogP contribution < -0.4 is 5.32 Å². The lowest BCUT2D eigenvalue weighted by atomic mass is 9.76. The molecule has 0 aliphatic heterocycles. The molecule has 9 heteroatoms. The molecule has 1 aliphatic carbocycles. The lowest BCUT2D eigenvalue weighted by Crippen LogP contribution is -2.47. The Hall–Kier alpha value is -2.26. The molecule has 1 amide bonds. The van der Waals surface area contributed by atoms with E-state index in [0.717, 1.165) is 35.7 Å². The van der Waals surface area contributed by atoms with Crippen molar-refractivity contribution in [3.05, 3.63) is 53.3 Å². The maximum absolute atomic E-state index is 14.5. The van der Waals surface area contributed by atoms with E-state index in [0.29, 0.717) is 12.8 Å². The van der Waals surface area contributed by atoms with E-state index in [2.05, 4.69) is 5.32 Å². The van der Waals surface area contributed by atoms with Gasteiger partial charge >= 0.3 is 0 Å². The number of sulfonamides is 1. The monoisotopic (exact) mass is 412 g/mol. The highest BCUT2D eigenvalue weighted by Crippen LogP contribution is 2.39. The van der Waals surface area contributed by atoms with Gasteiger partial charge in [0.15, 0.2) is 5.76 Å². The van der Waals surface area contributed by atoms with E-state index in [1.807, 2.05) is 0 Å². The van der Waals surface area contributed by atoms with Crippen LogP contribution in [0.4, 0.5) is 8.78 Å². The molecule has 1 fully saturated rings. The van der Waals surface area contributed by atoms with Crippen molar-refractivity contribution in [1.29, 1.82) is 0 Å². The number of hydrogen-bond donors (Lipinski definition) is 1. The first kappa shape index (κ1) is 20.5. The van der Waals surface area contributed by atoms with Gasteiger partial charge in [-0.15, -0.1) is 0 Å². The molecular formula is C19H22F2N2O4S. The topological polar surface area (TPSA) is 79.6 Å². The number of rotatable bonds is 5. The molecule has 1 aromatic heterocycles. The quantitative estimate of drug-likeness (QED) is 0.816. The summed E-state index contributed by atoms with van der Waals surface area (Å²) in [6, 6.07) is 5.78. The van der Waals surface area contributed by atoms with Crippen LogP contribution in [-0.2, 0) is 15.6 Å². The average molecular weight is 412 g/mol. The highest BCUT2D eigenvalue weighted by molar-refractivity contribution is 7.88. The zero-order valence-electron chi connectivity index (χ0n) is 15.7. The first-order valence-electron chi connectivity index (χ1n) is 8.96. The van der Waals surface area contributed by atoms with Crippen LogP contribution in [0, 0.1) is 11.6 Å². The predicted molar refractivity (Wildman–Crippen MR) is 98.2 cm³/mol. The van der Waals surface area contributed by atoms with Gasteiger partial charge in [0, 0.05) is 25.7 Å². The lowest BCUT2D eigenvalue weighted by molar-refractivity contribution is 0.0828. The molecule has 1 heterocycles. The van der Waals surface area contributed by atoms with E-state index in [-0.39, 0.29) is 16.4 Å². The molecule has 1 saturated carbocycles. The molecule has 0 unspecified atom stereocenters. The number of furan rings is 1. The van der Waals surface area contributed by atoms with E-state index in [1.54, 1.807) is 0 Å². The van der Waals surface area contributed by atoms with Crippen LogP contribution in [0.1, 0.15) is 48.2 Å². The lowest BCUT2D eigenvalue weighted by Gasteiger charge is -2.38. The molecule has 0 saturated heterocycles. The van der Waals surface area contributed by atoms with Gasteiger partial charge in [0.25, 0.3) is 15.9 Å². The van der Waals surface area contributed by atoms with Crippen LogP contribution in [0.5, 0.6) is 0 Å². The number of amides is 1. The summed E-state index contributed by atoms with van der Waals surface area (Å²) >= 11 is 0. The fraction of sp³-hybridized carbons (Fsp3) is 0.421. The number of carbonyl (C=O) groups is 1. The summed E-state index contributed by atoms with van der Waals surface area (Å²) < 4.78 is 58.3. The van der Waals surface area contributed by atoms with Gasteiger partial charge in [-0.2, -0.15) is 0 Å². The van der Waals surface area contributed by atoms with Crippen molar-refractivity contribution in [1.82, 2.24) is 9.62 Å². The van der Waals surface area contributed by atoms with Gasteiger partial charge < -0.3 is 9.73 Å². The Labute approximate surface area is 162 Å². The Morgan fingerprint density at radius 3 is 2.39 bits per heavy atom. The number of carbonyl (C=O) groups excluding carboxylic acids is 1. The number of benzene rings is 1. The van der Waals surface area contributed by atoms with Crippen molar-refractivity contribution in [2.24, 2.45) is 0 Å². The Morgan fingerprint density at radius 2 is 1.79 bits per heavy atom. The molecule has 1 aromatic carbocycles. The number of nitrogens with one attached hydrogen (secondary N) is 1. The molecule has 3 rings (SSSR count). The maximum atomic E-state index is 14.5. The third kappa shape index (κ3) is 3.81. The second-order valence-electron chi connectivity index (χ2n) is 7.13. The van der Waals surface area contributed by atoms with Crippen molar-refractivity contribution in [3.63, 3.8) is 0 Å². The second kappa shape index (κ2) is 7.63. The highest BCUT2D eigenvalue weighted by atomic mass is 32.2. The molecule has 0 atom stereocenters. The van der Waals surface area contributed by atoms with Crippen molar-refractivity contribution in [2.75, 3.05) is 14.1 Å². The van der Waals surface area contributed by atoms with Crippen LogP contribution in [0.2, 0.25) is 0 Å². The minimum Gasteiger partial charge on any atom is -0.438 e. The maximum Gasteiger partial charge on any atom is 0.287 e. The SMILES string of the molecule is CN(C)S(=O)(=O)c1ccc(C(=O)NC2(c3ccc(F)cc3F)CCCCC2)o1. The summed E-state index contributed by atoms with van der Waals surface area (Å²) in [6.07, 6.45) is 3.48. The summed E-state index contributed by atoms with van der Waals surface area (Å²) in [7, 11) is -1.11. The number of hydrogen-bond acceptors (Lipinski definition) is 4. The normalized spacial score (nSPS) is 16.9. The van der Waals surface area contributed by atoms with Crippen molar-refractivity contribution < 1.29 is 26.4 Å². The number of halogens is 2. The minimum absolute atomic E-state index is 0.187. The fourth-order valence-corrected chi connectivity index (χ4v) is 4.33. The van der Waals surface area contributed by atoms with Gasteiger partial charge in [0.2, 0.25) is 5.09 Å². The van der Waals surface area contributed by atoms with Gasteiger partial charge in [-0.1, -0.05) is 25.3 Å². The smallest absolute Gasteiger partial charge is 0.287 e. The van der Waals surface area contributed by atoms with Gasteiger partial charge in [-0.3, -0.25) is 4.79 Å². The second-order valence-corrected chi connectivity index (χ2v) is 9.21. The average Bonchev–Trinajstić information content (AvgIpc) is 3.13. The summed E-state index contributed by atoms with van der Waals surface area (Å²) in [5.41, 5.74) is -0.782. The predicted octanol–water partition coefficient (Wildman–Crippen LogP) is 3.40. The van der Waals surface area contributed by atoms with E-state index >= 15 is 0 Å². The molecule has 1 N–H and O–H groups in total. The number of nitrogens with zero attached hydrogens (tertiary/aromatic N) is 1. The molecule has 6 nitrogen and oxygen atoms in total. The third-order valence-corrected chi connectivity index (χ3v) is 6.74. The van der Waals surface area contributed by atoms with E-state index < -0.39 is 33.1 Å². The molecule has 0 bridgehead atoms. The largest absolute Gasteiger partial charge is 0.438 e. The van der Waals surface area contributed by atoms with Crippen molar-refractivity contribution in [2.45, 2.75) is 42.7 Å². The van der Waals surface area contributed by atoms with Crippen LogP contribution >= 0.6 is 0 Å². The fourth-order valence-electron chi connectivity index (χ4n) is 3.53. The standard InChI is InChI=1S/C19H22F2N2O4S/c1-23(2)28(25,26)17-9-8-16(27-17)18(24)22-19(10-4-3-5-11-19)14-7-6-13(20)12-15(14)21/h6-9,12H,3-5,10-11H2,1-2H3,(H,22,24). The molecule has 0 radical (unpaired) electrons. The third-order valence-electron chi connectivity index (χ3n) is 5.05. The molecule has 152 valence electrons. The molecule has 2 aromatic rings. The zero-order valence-corrected chi connectivity index (χ0v) is 16.5. The van der Waals surface area contributed by atoms with Crippen LogP contribution in [-0.4, -0.2) is 32.7 Å². The minimum atomic E-state index is -3.82. The summed E-state index contributed by atoms with van der Waals surface area (Å²) in [5.74, 6) is -2.25. The Balaban J connectivity index is 1.92. The molecular weight excluding hydrogens is 390 g/mol. The van der Waals surface area contributed by atoms with E-state index in [9.17, 15) is 22.0 Å². The Morgan fingerprint density at radius 1 is 1.11 bits per heavy atom. The van der Waals surface area contributed by atoms with Crippen LogP contribution in [0.15, 0.2) is 39.8 Å². The summed E-state index contributed by atoms with van der Waals surface area (Å²) in [6.45, 7) is 0. The van der Waals surface area contributed by atoms with Gasteiger partial charge in [-0.05, 0) is 31.0 Å². The van der Waals surface area contributed by atoms with Gasteiger partial charge in [0.05, 0.1) is 5.54 Å². The van der Waals surface area contributed by atoms with Crippen LogP contribution in [0.25, 0.3) is 0 Å². The molecule has 1 aliphatic rings. The molecule has 28 heavy (non-hydrogen) atoms. The summed E-state index contributed by atoms with van der Waals surface area (Å²) in [4.78, 5) is 12.8. The highest BCUT2D eigenvalue weighted by Gasteiger charge is 2.38. The zero-order chi connectivity index (χ0) is 20.5. The summed E-state index contributed by atoms with van der Waals surface area (Å²) in [5, 5.41) is 2.46. The van der Waals surface area contributed by atoms with Crippen molar-refractivity contribution >= 4 is 15.9 Å². The van der Waals surface area contributed by atoms with Gasteiger partial charge in [0.1, 0.15) is 11.6 Å². The van der Waals surface area contributed by atoms with E-state index in [1.165, 1.54) is 32.3 Å². The first-order chi connectivity index (χ1) is 13.2. The Kier molecular flexibility index (Phi) is 5.58. The molecule has 0 spiro atoms.